The molecule has 0 aliphatic heterocycles. The Balaban J connectivity index is 4.70. The maximum Gasteiger partial charge on any atom is -0.0171 e. The topological polar surface area (TPSA) is 0 Å². The van der Waals surface area contributed by atoms with Crippen molar-refractivity contribution in [1.82, 2.24) is 0 Å². The fourth-order valence-electron chi connectivity index (χ4n) is 2.85. The Morgan fingerprint density at radius 2 is 1.40 bits per heavy atom. The van der Waals surface area contributed by atoms with Crippen molar-refractivity contribution in [2.75, 3.05) is 0 Å². The second-order valence-electron chi connectivity index (χ2n) is 8.07. The zero-order valence-electron chi connectivity index (χ0n) is 17.8. The molecular formula is C25H42. The molecular weight excluding hydrogens is 300 g/mol. The van der Waals surface area contributed by atoms with Crippen LogP contribution in [0.1, 0.15) is 86.5 Å². The van der Waals surface area contributed by atoms with Crippen molar-refractivity contribution in [3.63, 3.8) is 0 Å². The van der Waals surface area contributed by atoms with Crippen LogP contribution in [0.3, 0.4) is 0 Å². The van der Waals surface area contributed by atoms with Crippen LogP contribution >= 0.6 is 0 Å². The molecule has 0 radical (unpaired) electrons. The predicted molar refractivity (Wildman–Crippen MR) is 117 cm³/mol. The fourth-order valence-corrected chi connectivity index (χ4v) is 2.85. The summed E-state index contributed by atoms with van der Waals surface area (Å²) in [5, 5.41) is 0. The van der Waals surface area contributed by atoms with E-state index in [9.17, 15) is 0 Å². The summed E-state index contributed by atoms with van der Waals surface area (Å²) < 4.78 is 0. The lowest BCUT2D eigenvalue weighted by atomic mass is 9.86. The molecule has 0 spiro atoms. The molecule has 0 rings (SSSR count). The van der Waals surface area contributed by atoms with E-state index in [1.165, 1.54) is 41.6 Å². The zero-order chi connectivity index (χ0) is 19.2. The third-order valence-electron chi connectivity index (χ3n) is 4.81. The third-order valence-corrected chi connectivity index (χ3v) is 4.81. The molecule has 0 saturated heterocycles. The van der Waals surface area contributed by atoms with Gasteiger partial charge in [-0.3, -0.25) is 0 Å². The van der Waals surface area contributed by atoms with E-state index in [4.69, 9.17) is 0 Å². The highest BCUT2D eigenvalue weighted by Crippen LogP contribution is 2.27. The largest absolute Gasteiger partial charge is 0.103 e. The minimum absolute atomic E-state index is 0.593. The highest BCUT2D eigenvalue weighted by Gasteiger charge is 2.12. The molecule has 0 saturated carbocycles. The van der Waals surface area contributed by atoms with Crippen molar-refractivity contribution in [1.29, 1.82) is 0 Å². The van der Waals surface area contributed by atoms with Crippen LogP contribution in [0.2, 0.25) is 0 Å². The van der Waals surface area contributed by atoms with Crippen molar-refractivity contribution in [3.8, 4) is 0 Å². The lowest BCUT2D eigenvalue weighted by Gasteiger charge is -2.20. The standard InChI is InChI=1S/C25H42/c1-9-22(6)16-18-25(24(8)15-11-13-21(4)5)19-17-23(7)14-10-12-20(2)3/h9,12-13,17,22,25H,1,8,10-11,14-16,18-19H2,2-7H3/b23-17+/t22-,25-/m1/s1. The maximum atomic E-state index is 4.43. The molecule has 2 atom stereocenters. The summed E-state index contributed by atoms with van der Waals surface area (Å²) in [5.74, 6) is 1.20. The quantitative estimate of drug-likeness (QED) is 0.294. The van der Waals surface area contributed by atoms with E-state index in [2.05, 4.69) is 79.0 Å². The Morgan fingerprint density at radius 3 is 1.92 bits per heavy atom. The zero-order valence-corrected chi connectivity index (χ0v) is 17.8. The Kier molecular flexibility index (Phi) is 13.2. The molecule has 0 aliphatic rings. The van der Waals surface area contributed by atoms with Crippen LogP contribution in [0.15, 0.2) is 59.8 Å². The molecule has 0 aromatic rings. The minimum atomic E-state index is 0.593. The van der Waals surface area contributed by atoms with Gasteiger partial charge < -0.3 is 0 Å². The molecule has 0 aromatic heterocycles. The smallest absolute Gasteiger partial charge is 0.0171 e. The highest BCUT2D eigenvalue weighted by molar-refractivity contribution is 5.09. The lowest BCUT2D eigenvalue weighted by Crippen LogP contribution is -2.05. The number of allylic oxidation sites excluding steroid dienone is 8. The molecule has 0 unspecified atom stereocenters. The molecule has 0 fully saturated rings. The van der Waals surface area contributed by atoms with Gasteiger partial charge in [-0.1, -0.05) is 60.1 Å². The monoisotopic (exact) mass is 342 g/mol. The van der Waals surface area contributed by atoms with Crippen molar-refractivity contribution in [3.05, 3.63) is 59.8 Å². The van der Waals surface area contributed by atoms with Gasteiger partial charge in [-0.15, -0.1) is 6.58 Å². The maximum absolute atomic E-state index is 4.43. The minimum Gasteiger partial charge on any atom is -0.103 e. The van der Waals surface area contributed by atoms with Crippen LogP contribution in [-0.4, -0.2) is 0 Å². The van der Waals surface area contributed by atoms with Gasteiger partial charge in [0.2, 0.25) is 0 Å². The van der Waals surface area contributed by atoms with Gasteiger partial charge in [-0.05, 0) is 91.4 Å². The van der Waals surface area contributed by atoms with Gasteiger partial charge >= 0.3 is 0 Å². The molecule has 0 bridgehead atoms. The van der Waals surface area contributed by atoms with Crippen LogP contribution in [0.5, 0.6) is 0 Å². The molecule has 0 nitrogen and oxygen atoms in total. The van der Waals surface area contributed by atoms with Gasteiger partial charge in [0.1, 0.15) is 0 Å². The first-order chi connectivity index (χ1) is 11.8. The SMILES string of the molecule is C=C[C@@H](C)CC[C@H](C/C=C(\C)CCC=C(C)C)C(=C)CCC=C(C)C. The summed E-state index contributed by atoms with van der Waals surface area (Å²) in [7, 11) is 0. The Labute approximate surface area is 158 Å². The van der Waals surface area contributed by atoms with Gasteiger partial charge in [-0.25, -0.2) is 0 Å². The number of hydrogen-bond acceptors (Lipinski definition) is 0. The predicted octanol–water partition coefficient (Wildman–Crippen LogP) is 8.59. The van der Waals surface area contributed by atoms with E-state index >= 15 is 0 Å². The van der Waals surface area contributed by atoms with Gasteiger partial charge in [0.05, 0.1) is 0 Å². The Bertz CT molecular complexity index is 476. The van der Waals surface area contributed by atoms with Gasteiger partial charge in [0.15, 0.2) is 0 Å². The summed E-state index contributed by atoms with van der Waals surface area (Å²) in [4.78, 5) is 0. The first-order valence-corrected chi connectivity index (χ1v) is 9.98. The summed E-state index contributed by atoms with van der Waals surface area (Å²) in [6.45, 7) is 21.6. The van der Waals surface area contributed by atoms with E-state index in [1.54, 1.807) is 0 Å². The normalized spacial score (nSPS) is 13.8. The van der Waals surface area contributed by atoms with Crippen LogP contribution in [0.4, 0.5) is 0 Å². The molecule has 142 valence electrons. The summed E-state index contributed by atoms with van der Waals surface area (Å²) in [6.07, 6.45) is 17.3. The third kappa shape index (κ3) is 13.6. The van der Waals surface area contributed by atoms with E-state index in [0.29, 0.717) is 11.8 Å². The molecule has 0 N–H and O–H groups in total. The summed E-state index contributed by atoms with van der Waals surface area (Å²) in [6, 6.07) is 0. The van der Waals surface area contributed by atoms with Crippen molar-refractivity contribution in [2.24, 2.45) is 11.8 Å². The van der Waals surface area contributed by atoms with Crippen molar-refractivity contribution >= 4 is 0 Å². The number of hydrogen-bond donors (Lipinski definition) is 0. The number of rotatable bonds is 13. The first kappa shape index (κ1) is 23.7. The van der Waals surface area contributed by atoms with Crippen LogP contribution in [0, 0.1) is 11.8 Å². The second kappa shape index (κ2) is 13.9. The van der Waals surface area contributed by atoms with E-state index in [0.717, 1.165) is 25.7 Å². The van der Waals surface area contributed by atoms with Gasteiger partial charge in [0, 0.05) is 0 Å². The second-order valence-corrected chi connectivity index (χ2v) is 8.07. The average Bonchev–Trinajstić information content (AvgIpc) is 2.53. The van der Waals surface area contributed by atoms with E-state index in [-0.39, 0.29) is 0 Å². The van der Waals surface area contributed by atoms with Crippen molar-refractivity contribution in [2.45, 2.75) is 86.5 Å². The molecule has 0 amide bonds. The van der Waals surface area contributed by atoms with Crippen molar-refractivity contribution < 1.29 is 0 Å². The van der Waals surface area contributed by atoms with Crippen LogP contribution in [0.25, 0.3) is 0 Å². The van der Waals surface area contributed by atoms with E-state index < -0.39 is 0 Å². The summed E-state index contributed by atoms with van der Waals surface area (Å²) >= 11 is 0. The van der Waals surface area contributed by atoms with E-state index in [1.807, 2.05) is 0 Å². The molecule has 0 heterocycles. The van der Waals surface area contributed by atoms with Crippen LogP contribution in [-0.2, 0) is 0 Å². The van der Waals surface area contributed by atoms with Gasteiger partial charge in [0.25, 0.3) is 0 Å². The average molecular weight is 343 g/mol. The molecule has 25 heavy (non-hydrogen) atoms. The molecule has 0 aromatic carbocycles. The molecule has 0 heteroatoms. The lowest BCUT2D eigenvalue weighted by molar-refractivity contribution is 0.483. The van der Waals surface area contributed by atoms with Crippen LogP contribution < -0.4 is 0 Å². The van der Waals surface area contributed by atoms with Gasteiger partial charge in [-0.2, -0.15) is 0 Å². The first-order valence-electron chi connectivity index (χ1n) is 9.98. The Hall–Kier alpha value is -1.30. The fraction of sp³-hybridized carbons (Fsp3) is 0.600. The Morgan fingerprint density at radius 1 is 0.840 bits per heavy atom. The highest BCUT2D eigenvalue weighted by atomic mass is 14.2. The summed E-state index contributed by atoms with van der Waals surface area (Å²) in [5.41, 5.74) is 5.75. The molecule has 0 aliphatic carbocycles.